The molecule has 0 saturated heterocycles. The first-order chi connectivity index (χ1) is 17.3. The monoisotopic (exact) mass is 466 g/mol. The second-order valence-corrected chi connectivity index (χ2v) is 10.8. The lowest BCUT2D eigenvalue weighted by Gasteiger charge is -2.37. The van der Waals surface area contributed by atoms with E-state index in [9.17, 15) is 0 Å². The second kappa shape index (κ2) is 8.00. The molecule has 1 aliphatic carbocycles. The number of fused-ring (bicyclic) bond motifs is 8. The summed E-state index contributed by atoms with van der Waals surface area (Å²) in [5.74, 6) is 0.990. The summed E-state index contributed by atoms with van der Waals surface area (Å²) in [6, 6.07) is 43.2. The molecule has 0 saturated carbocycles. The van der Waals surface area contributed by atoms with E-state index < -0.39 is 0 Å². The third kappa shape index (κ3) is 3.08. The molecule has 35 heavy (non-hydrogen) atoms. The van der Waals surface area contributed by atoms with Crippen LogP contribution in [-0.2, 0) is 17.6 Å². The van der Waals surface area contributed by atoms with Crippen molar-refractivity contribution >= 4 is 11.8 Å². The molecule has 1 aliphatic heterocycles. The number of hydrogen-bond acceptors (Lipinski definition) is 1. The topological polar surface area (TPSA) is 0 Å². The second-order valence-electron chi connectivity index (χ2n) is 9.78. The molecule has 0 fully saturated rings. The summed E-state index contributed by atoms with van der Waals surface area (Å²) < 4.78 is 0. The molecule has 5 aromatic carbocycles. The van der Waals surface area contributed by atoms with Gasteiger partial charge >= 0.3 is 0 Å². The van der Waals surface area contributed by atoms with Gasteiger partial charge in [0.05, 0.1) is 5.41 Å². The molecule has 0 amide bonds. The van der Waals surface area contributed by atoms with E-state index in [1.807, 2.05) is 11.8 Å². The molecule has 1 heteroatoms. The van der Waals surface area contributed by atoms with Crippen LogP contribution < -0.4 is 0 Å². The van der Waals surface area contributed by atoms with Gasteiger partial charge in [0, 0.05) is 10.6 Å². The van der Waals surface area contributed by atoms with E-state index in [4.69, 9.17) is 0 Å². The summed E-state index contributed by atoms with van der Waals surface area (Å²) in [7, 11) is 0. The minimum atomic E-state index is -0.209. The Balaban J connectivity index is 1.61. The van der Waals surface area contributed by atoms with Crippen molar-refractivity contribution in [1.29, 1.82) is 0 Å². The lowest BCUT2D eigenvalue weighted by molar-refractivity contribution is 0.617. The molecular weight excluding hydrogens is 440 g/mol. The van der Waals surface area contributed by atoms with E-state index in [0.717, 1.165) is 12.2 Å². The fourth-order valence-corrected chi connectivity index (χ4v) is 7.40. The number of hydrogen-bond donors (Lipinski definition) is 0. The first-order valence-corrected chi connectivity index (χ1v) is 13.3. The average Bonchev–Trinajstić information content (AvgIpc) is 3.18. The Bertz CT molecular complexity index is 1590. The summed E-state index contributed by atoms with van der Waals surface area (Å²) in [4.78, 5) is 1.40. The lowest BCUT2D eigenvalue weighted by atomic mass is 9.67. The molecule has 0 aromatic heterocycles. The van der Waals surface area contributed by atoms with Gasteiger partial charge in [-0.2, -0.15) is 0 Å². The highest BCUT2D eigenvalue weighted by atomic mass is 32.2. The van der Waals surface area contributed by atoms with E-state index in [0.29, 0.717) is 0 Å². The Labute approximate surface area is 211 Å². The minimum Gasteiger partial charge on any atom is -0.121 e. The van der Waals surface area contributed by atoms with E-state index in [-0.39, 0.29) is 5.41 Å². The van der Waals surface area contributed by atoms with Gasteiger partial charge in [-0.15, -0.1) is 11.8 Å². The average molecular weight is 467 g/mol. The van der Waals surface area contributed by atoms with Crippen molar-refractivity contribution in [1.82, 2.24) is 0 Å². The van der Waals surface area contributed by atoms with Gasteiger partial charge in [-0.25, -0.2) is 0 Å². The zero-order valence-electron chi connectivity index (χ0n) is 19.8. The van der Waals surface area contributed by atoms with Gasteiger partial charge < -0.3 is 0 Å². The van der Waals surface area contributed by atoms with Crippen molar-refractivity contribution in [2.75, 3.05) is 0 Å². The predicted octanol–water partition coefficient (Wildman–Crippen LogP) is 8.83. The predicted molar refractivity (Wildman–Crippen MR) is 148 cm³/mol. The van der Waals surface area contributed by atoms with Gasteiger partial charge in [-0.05, 0) is 69.5 Å². The summed E-state index contributed by atoms with van der Waals surface area (Å²) in [5, 5.41) is 0. The molecule has 1 atom stereocenters. The van der Waals surface area contributed by atoms with E-state index in [1.54, 1.807) is 0 Å². The molecule has 0 radical (unpaired) electrons. The number of thioether (sulfide) groups is 1. The highest BCUT2D eigenvalue weighted by Crippen LogP contribution is 2.58. The van der Waals surface area contributed by atoms with Crippen LogP contribution in [0.3, 0.4) is 0 Å². The first kappa shape index (κ1) is 20.8. The third-order valence-corrected chi connectivity index (χ3v) is 8.96. The van der Waals surface area contributed by atoms with E-state index in [2.05, 4.69) is 122 Å². The summed E-state index contributed by atoms with van der Waals surface area (Å²) in [6.07, 6.45) is 0.967. The molecule has 168 valence electrons. The van der Waals surface area contributed by atoms with Crippen LogP contribution in [0.4, 0.5) is 0 Å². The van der Waals surface area contributed by atoms with Gasteiger partial charge in [0.2, 0.25) is 0 Å². The molecule has 0 nitrogen and oxygen atoms in total. The smallest absolute Gasteiger partial charge is 0.0507 e. The van der Waals surface area contributed by atoms with Crippen molar-refractivity contribution in [3.05, 3.63) is 149 Å². The number of aryl methyl sites for hydroxylation is 1. The van der Waals surface area contributed by atoms with Crippen molar-refractivity contribution in [3.8, 4) is 22.3 Å². The van der Waals surface area contributed by atoms with Gasteiger partial charge in [-0.3, -0.25) is 0 Å². The standard InChI is InChI=1S/C34H26S/c1-23-10-8-13-24(20-23)27-15-9-18-31-33(27)28-14-4-6-17-30(28)34(31)21-25-11-3-7-19-32(25)35-22-26-12-2-5-16-29(26)34/h2-20H,21-22H2,1H3. The van der Waals surface area contributed by atoms with Crippen molar-refractivity contribution in [3.63, 3.8) is 0 Å². The Kier molecular flexibility index (Phi) is 4.75. The van der Waals surface area contributed by atoms with Crippen molar-refractivity contribution in [2.45, 2.75) is 29.4 Å². The molecule has 5 aromatic rings. The fraction of sp³-hybridized carbons (Fsp3) is 0.118. The molecule has 1 heterocycles. The van der Waals surface area contributed by atoms with Crippen molar-refractivity contribution < 1.29 is 0 Å². The van der Waals surface area contributed by atoms with Crippen LogP contribution in [0.5, 0.6) is 0 Å². The van der Waals surface area contributed by atoms with Crippen LogP contribution in [-0.4, -0.2) is 0 Å². The number of benzene rings is 5. The van der Waals surface area contributed by atoms with Crippen LogP contribution in [0, 0.1) is 6.92 Å². The molecule has 2 aliphatic rings. The molecule has 1 spiro atoms. The van der Waals surface area contributed by atoms with E-state index >= 15 is 0 Å². The lowest BCUT2D eigenvalue weighted by Crippen LogP contribution is -2.32. The zero-order valence-corrected chi connectivity index (χ0v) is 20.6. The highest BCUT2D eigenvalue weighted by molar-refractivity contribution is 7.98. The molecule has 7 rings (SSSR count). The Hall–Kier alpha value is -3.55. The van der Waals surface area contributed by atoms with Crippen LogP contribution in [0.2, 0.25) is 0 Å². The van der Waals surface area contributed by atoms with Gasteiger partial charge in [-0.1, -0.05) is 115 Å². The summed E-state index contributed by atoms with van der Waals surface area (Å²) >= 11 is 1.97. The van der Waals surface area contributed by atoms with Crippen LogP contribution in [0.25, 0.3) is 22.3 Å². The Morgan fingerprint density at radius 1 is 0.600 bits per heavy atom. The molecule has 0 bridgehead atoms. The van der Waals surface area contributed by atoms with Gasteiger partial charge in [0.15, 0.2) is 0 Å². The van der Waals surface area contributed by atoms with Crippen LogP contribution >= 0.6 is 11.8 Å². The van der Waals surface area contributed by atoms with Gasteiger partial charge in [0.1, 0.15) is 0 Å². The fourth-order valence-electron chi connectivity index (χ4n) is 6.34. The van der Waals surface area contributed by atoms with E-state index in [1.165, 1.54) is 60.5 Å². The first-order valence-electron chi connectivity index (χ1n) is 12.4. The van der Waals surface area contributed by atoms with Gasteiger partial charge in [0.25, 0.3) is 0 Å². The Morgan fingerprint density at radius 3 is 2.17 bits per heavy atom. The maximum Gasteiger partial charge on any atom is 0.0507 e. The third-order valence-electron chi connectivity index (χ3n) is 7.80. The largest absolute Gasteiger partial charge is 0.121 e. The molecular formula is C34H26S. The normalized spacial score (nSPS) is 17.6. The SMILES string of the molecule is Cc1cccc(-c2cccc3c2-c2ccccc2C32Cc3ccccc3SCc3ccccc32)c1. The Morgan fingerprint density at radius 2 is 1.29 bits per heavy atom. The summed E-state index contributed by atoms with van der Waals surface area (Å²) in [5.41, 5.74) is 13.7. The van der Waals surface area contributed by atoms with Crippen molar-refractivity contribution in [2.24, 2.45) is 0 Å². The quantitative estimate of drug-likeness (QED) is 0.238. The number of rotatable bonds is 1. The maximum absolute atomic E-state index is 2.39. The zero-order chi connectivity index (χ0) is 23.4. The summed E-state index contributed by atoms with van der Waals surface area (Å²) in [6.45, 7) is 2.18. The van der Waals surface area contributed by atoms with Crippen LogP contribution in [0.15, 0.2) is 120 Å². The minimum absolute atomic E-state index is 0.209. The highest BCUT2D eigenvalue weighted by Gasteiger charge is 2.47. The molecule has 0 N–H and O–H groups in total. The molecule has 1 unspecified atom stereocenters. The van der Waals surface area contributed by atoms with Crippen LogP contribution in [0.1, 0.15) is 33.4 Å². The maximum atomic E-state index is 2.39.